The van der Waals surface area contributed by atoms with E-state index in [2.05, 4.69) is 10.3 Å². The third-order valence-electron chi connectivity index (χ3n) is 2.65. The van der Waals surface area contributed by atoms with E-state index in [0.29, 0.717) is 5.28 Å². The van der Waals surface area contributed by atoms with Gasteiger partial charge < -0.3 is 14.8 Å². The first-order valence-corrected chi connectivity index (χ1v) is 6.18. The number of anilines is 2. The van der Waals surface area contributed by atoms with Crippen LogP contribution in [0.3, 0.4) is 0 Å². The predicted molar refractivity (Wildman–Crippen MR) is 76.6 cm³/mol. The summed E-state index contributed by atoms with van der Waals surface area (Å²) in [6.45, 7) is 0.147. The Bertz CT molecular complexity index is 562. The van der Waals surface area contributed by atoms with E-state index in [0.717, 1.165) is 11.4 Å². The molecule has 0 bridgehead atoms. The van der Waals surface area contributed by atoms with Crippen molar-refractivity contribution < 1.29 is 4.79 Å². The molecule has 0 aliphatic heterocycles. The average Bonchev–Trinajstić information content (AvgIpc) is 2.75. The van der Waals surface area contributed by atoms with Crippen LogP contribution in [0.1, 0.15) is 0 Å². The Morgan fingerprint density at radius 3 is 2.58 bits per heavy atom. The first kappa shape index (κ1) is 13.4. The molecular weight excluding hydrogens is 264 g/mol. The molecule has 0 aliphatic rings. The van der Waals surface area contributed by atoms with Crippen LogP contribution in [0.5, 0.6) is 0 Å². The number of halogens is 1. The Hall–Kier alpha value is -2.01. The first-order valence-electron chi connectivity index (χ1n) is 5.80. The average molecular weight is 279 g/mol. The number of hydrogen-bond donors (Lipinski definition) is 1. The molecule has 1 aromatic heterocycles. The second-order valence-corrected chi connectivity index (χ2v) is 4.65. The van der Waals surface area contributed by atoms with Crippen molar-refractivity contribution in [1.82, 2.24) is 9.55 Å². The third kappa shape index (κ3) is 3.48. The topological polar surface area (TPSA) is 50.2 Å². The van der Waals surface area contributed by atoms with Gasteiger partial charge >= 0.3 is 0 Å². The number of carbonyl (C=O) groups excluding carboxylic acids is 1. The molecule has 0 saturated carbocycles. The minimum Gasteiger partial charge on any atom is -0.378 e. The zero-order valence-corrected chi connectivity index (χ0v) is 11.6. The highest BCUT2D eigenvalue weighted by Gasteiger charge is 2.06. The number of imidazole rings is 1. The van der Waals surface area contributed by atoms with Crippen molar-refractivity contribution in [1.29, 1.82) is 0 Å². The third-order valence-corrected chi connectivity index (χ3v) is 2.96. The summed E-state index contributed by atoms with van der Waals surface area (Å²) >= 11 is 5.81. The highest BCUT2D eigenvalue weighted by molar-refractivity contribution is 6.28. The smallest absolute Gasteiger partial charge is 0.244 e. The van der Waals surface area contributed by atoms with Gasteiger partial charge in [-0.3, -0.25) is 4.79 Å². The Morgan fingerprint density at radius 2 is 2.05 bits per heavy atom. The molecule has 2 rings (SSSR count). The number of amides is 1. The van der Waals surface area contributed by atoms with E-state index in [9.17, 15) is 4.79 Å². The molecule has 0 unspecified atom stereocenters. The van der Waals surface area contributed by atoms with E-state index >= 15 is 0 Å². The van der Waals surface area contributed by atoms with Crippen LogP contribution in [0.4, 0.5) is 11.4 Å². The molecule has 0 radical (unpaired) electrons. The Morgan fingerprint density at radius 1 is 1.37 bits per heavy atom. The quantitative estimate of drug-likeness (QED) is 0.933. The predicted octanol–water partition coefficient (Wildman–Crippen LogP) is 2.24. The van der Waals surface area contributed by atoms with Gasteiger partial charge in [0.25, 0.3) is 0 Å². The van der Waals surface area contributed by atoms with E-state index in [1.807, 2.05) is 43.3 Å². The van der Waals surface area contributed by atoms with Crippen molar-refractivity contribution in [2.75, 3.05) is 24.3 Å². The fourth-order valence-corrected chi connectivity index (χ4v) is 1.80. The minimum absolute atomic E-state index is 0.141. The molecule has 1 aromatic carbocycles. The second kappa shape index (κ2) is 5.75. The molecule has 2 aromatic rings. The highest BCUT2D eigenvalue weighted by Crippen LogP contribution is 2.15. The number of carbonyl (C=O) groups is 1. The second-order valence-electron chi connectivity index (χ2n) is 4.31. The number of hydrogen-bond acceptors (Lipinski definition) is 3. The van der Waals surface area contributed by atoms with Gasteiger partial charge in [-0.2, -0.15) is 0 Å². The summed E-state index contributed by atoms with van der Waals surface area (Å²) in [7, 11) is 3.93. The van der Waals surface area contributed by atoms with Crippen LogP contribution in [0.2, 0.25) is 5.28 Å². The molecule has 0 atom stereocenters. The Balaban J connectivity index is 1.97. The van der Waals surface area contributed by atoms with Crippen LogP contribution in [-0.2, 0) is 11.3 Å². The number of nitrogens with one attached hydrogen (secondary N) is 1. The Kier molecular flexibility index (Phi) is 4.06. The Labute approximate surface area is 116 Å². The summed E-state index contributed by atoms with van der Waals surface area (Å²) in [5, 5.41) is 3.11. The van der Waals surface area contributed by atoms with Gasteiger partial charge in [0.15, 0.2) is 0 Å². The maximum Gasteiger partial charge on any atom is 0.244 e. The van der Waals surface area contributed by atoms with E-state index in [-0.39, 0.29) is 12.5 Å². The number of nitrogens with zero attached hydrogens (tertiary/aromatic N) is 3. The van der Waals surface area contributed by atoms with Gasteiger partial charge in [0.2, 0.25) is 11.2 Å². The SMILES string of the molecule is CN(C)c1ccc(NC(=O)Cn2ccnc2Cl)cc1. The zero-order valence-electron chi connectivity index (χ0n) is 10.8. The lowest BCUT2D eigenvalue weighted by atomic mass is 10.2. The monoisotopic (exact) mass is 278 g/mol. The lowest BCUT2D eigenvalue weighted by molar-refractivity contribution is -0.116. The first-order chi connectivity index (χ1) is 9.06. The highest BCUT2D eigenvalue weighted by atomic mass is 35.5. The number of aromatic nitrogens is 2. The van der Waals surface area contributed by atoms with Crippen molar-refractivity contribution in [3.63, 3.8) is 0 Å². The molecule has 1 heterocycles. The number of rotatable bonds is 4. The minimum atomic E-state index is -0.141. The molecule has 100 valence electrons. The molecule has 1 amide bonds. The largest absolute Gasteiger partial charge is 0.378 e. The summed E-state index contributed by atoms with van der Waals surface area (Å²) in [5.74, 6) is -0.141. The van der Waals surface area contributed by atoms with E-state index in [4.69, 9.17) is 11.6 Å². The summed E-state index contributed by atoms with van der Waals surface area (Å²) < 4.78 is 1.57. The van der Waals surface area contributed by atoms with E-state index in [1.165, 1.54) is 0 Å². The van der Waals surface area contributed by atoms with Gasteiger partial charge in [-0.05, 0) is 35.9 Å². The summed E-state index contributed by atoms with van der Waals surface area (Å²) in [6, 6.07) is 7.62. The van der Waals surface area contributed by atoms with Crippen molar-refractivity contribution in [2.24, 2.45) is 0 Å². The summed E-state index contributed by atoms with van der Waals surface area (Å²) in [5.41, 5.74) is 1.84. The molecule has 0 fully saturated rings. The summed E-state index contributed by atoms with van der Waals surface area (Å²) in [4.78, 5) is 17.7. The molecule has 0 aliphatic carbocycles. The fraction of sp³-hybridized carbons (Fsp3) is 0.231. The lowest BCUT2D eigenvalue weighted by Gasteiger charge is -2.13. The molecule has 0 spiro atoms. The maximum atomic E-state index is 11.8. The molecule has 5 nitrogen and oxygen atoms in total. The van der Waals surface area contributed by atoms with Crippen molar-refractivity contribution in [2.45, 2.75) is 6.54 Å². The van der Waals surface area contributed by atoms with Crippen LogP contribution in [-0.4, -0.2) is 29.6 Å². The maximum absolute atomic E-state index is 11.8. The van der Waals surface area contributed by atoms with E-state index < -0.39 is 0 Å². The lowest BCUT2D eigenvalue weighted by Crippen LogP contribution is -2.18. The van der Waals surface area contributed by atoms with Crippen molar-refractivity contribution in [3.8, 4) is 0 Å². The number of benzene rings is 1. The zero-order chi connectivity index (χ0) is 13.8. The molecular formula is C13H15ClN4O. The van der Waals surface area contributed by atoms with Gasteiger partial charge in [-0.25, -0.2) is 4.98 Å². The van der Waals surface area contributed by atoms with Crippen LogP contribution in [0.15, 0.2) is 36.7 Å². The van der Waals surface area contributed by atoms with Crippen molar-refractivity contribution in [3.05, 3.63) is 41.9 Å². The standard InChI is InChI=1S/C13H15ClN4O/c1-17(2)11-5-3-10(4-6-11)16-12(19)9-18-8-7-15-13(18)14/h3-8H,9H2,1-2H3,(H,16,19). The van der Waals surface area contributed by atoms with Crippen LogP contribution >= 0.6 is 11.6 Å². The normalized spacial score (nSPS) is 10.3. The van der Waals surface area contributed by atoms with Crippen LogP contribution < -0.4 is 10.2 Å². The van der Waals surface area contributed by atoms with E-state index in [1.54, 1.807) is 17.0 Å². The van der Waals surface area contributed by atoms with Gasteiger partial charge in [0, 0.05) is 37.9 Å². The molecule has 0 saturated heterocycles. The van der Waals surface area contributed by atoms with Crippen LogP contribution in [0.25, 0.3) is 0 Å². The van der Waals surface area contributed by atoms with Gasteiger partial charge in [0.1, 0.15) is 6.54 Å². The molecule has 1 N–H and O–H groups in total. The fourth-order valence-electron chi connectivity index (χ4n) is 1.63. The summed E-state index contributed by atoms with van der Waals surface area (Å²) in [6.07, 6.45) is 3.22. The van der Waals surface area contributed by atoms with Crippen molar-refractivity contribution >= 4 is 28.9 Å². The molecule has 6 heteroatoms. The molecule has 19 heavy (non-hydrogen) atoms. The van der Waals surface area contributed by atoms with Crippen LogP contribution in [0, 0.1) is 0 Å². The van der Waals surface area contributed by atoms with Gasteiger partial charge in [-0.1, -0.05) is 0 Å². The van der Waals surface area contributed by atoms with Gasteiger partial charge in [0.05, 0.1) is 0 Å². The van der Waals surface area contributed by atoms with Gasteiger partial charge in [-0.15, -0.1) is 0 Å².